The van der Waals surface area contributed by atoms with Crippen molar-refractivity contribution in [1.82, 2.24) is 0 Å². The van der Waals surface area contributed by atoms with Gasteiger partial charge in [-0.2, -0.15) is 0 Å². The molecule has 0 radical (unpaired) electrons. The van der Waals surface area contributed by atoms with Crippen molar-refractivity contribution in [2.45, 2.75) is 13.5 Å². The van der Waals surface area contributed by atoms with Gasteiger partial charge < -0.3 is 4.74 Å². The average Bonchev–Trinajstić information content (AvgIpc) is 2.28. The van der Waals surface area contributed by atoms with Crippen LogP contribution in [-0.2, 0) is 16.1 Å². The smallest absolute Gasteiger partial charge is 0.234 e. The molecule has 0 aliphatic rings. The lowest BCUT2D eigenvalue weighted by molar-refractivity contribution is 0.0945. The molecule has 3 heteroatoms. The predicted octanol–water partition coefficient (Wildman–Crippen LogP) is 2.18. The van der Waals surface area contributed by atoms with E-state index >= 15 is 0 Å². The molecule has 3 nitrogen and oxygen atoms in total. The Hall–Kier alpha value is -1.44. The first-order valence-electron chi connectivity index (χ1n) is 4.98. The third-order valence-corrected chi connectivity index (χ3v) is 1.98. The maximum atomic E-state index is 9.87. The minimum atomic E-state index is 0.259. The van der Waals surface area contributed by atoms with Crippen LogP contribution >= 0.6 is 0 Å². The van der Waals surface area contributed by atoms with Gasteiger partial charge >= 0.3 is 0 Å². The summed E-state index contributed by atoms with van der Waals surface area (Å²) in [6.45, 7) is 3.69. The Balaban J connectivity index is 2.19. The number of isocyanates is 1. The van der Waals surface area contributed by atoms with Gasteiger partial charge in [0.15, 0.2) is 0 Å². The van der Waals surface area contributed by atoms with E-state index in [0.29, 0.717) is 19.8 Å². The summed E-state index contributed by atoms with van der Waals surface area (Å²) in [5.74, 6) is 0.259. The van der Waals surface area contributed by atoms with Crippen molar-refractivity contribution in [1.29, 1.82) is 0 Å². The lowest BCUT2D eigenvalue weighted by Crippen LogP contribution is -2.08. The summed E-state index contributed by atoms with van der Waals surface area (Å²) in [4.78, 5) is 13.4. The van der Waals surface area contributed by atoms with Crippen molar-refractivity contribution in [2.24, 2.45) is 10.9 Å². The van der Waals surface area contributed by atoms with Crippen molar-refractivity contribution in [3.8, 4) is 0 Å². The van der Waals surface area contributed by atoms with Gasteiger partial charge in [0.2, 0.25) is 6.08 Å². The molecule has 1 atom stereocenters. The molecular formula is C12H15NO2. The van der Waals surface area contributed by atoms with E-state index in [-0.39, 0.29) is 5.92 Å². The third-order valence-electron chi connectivity index (χ3n) is 1.98. The van der Waals surface area contributed by atoms with Gasteiger partial charge in [-0.1, -0.05) is 37.3 Å². The molecule has 0 aliphatic carbocycles. The van der Waals surface area contributed by atoms with Crippen molar-refractivity contribution < 1.29 is 9.53 Å². The standard InChI is InChI=1S/C12H15NO2/c1-11(7-13-10-14)8-15-9-12-5-3-2-4-6-12/h2-6,11H,7-9H2,1H3. The second-order valence-corrected chi connectivity index (χ2v) is 3.54. The Kier molecular flexibility index (Phi) is 5.38. The van der Waals surface area contributed by atoms with Crippen LogP contribution in [0.4, 0.5) is 0 Å². The highest BCUT2D eigenvalue weighted by Gasteiger charge is 2.00. The molecular weight excluding hydrogens is 190 g/mol. The number of benzene rings is 1. The second kappa shape index (κ2) is 6.93. The average molecular weight is 205 g/mol. The molecule has 0 bridgehead atoms. The molecule has 0 saturated heterocycles. The van der Waals surface area contributed by atoms with E-state index in [0.717, 1.165) is 5.56 Å². The van der Waals surface area contributed by atoms with E-state index in [9.17, 15) is 4.79 Å². The second-order valence-electron chi connectivity index (χ2n) is 3.54. The number of rotatable bonds is 6. The van der Waals surface area contributed by atoms with E-state index in [4.69, 9.17) is 4.74 Å². The zero-order valence-electron chi connectivity index (χ0n) is 8.85. The first kappa shape index (κ1) is 11.6. The highest BCUT2D eigenvalue weighted by molar-refractivity contribution is 5.32. The SMILES string of the molecule is CC(CN=C=O)COCc1ccccc1. The van der Waals surface area contributed by atoms with Gasteiger partial charge in [0.25, 0.3) is 0 Å². The molecule has 1 unspecified atom stereocenters. The molecule has 0 heterocycles. The summed E-state index contributed by atoms with van der Waals surface area (Å²) >= 11 is 0. The highest BCUT2D eigenvalue weighted by atomic mass is 16.5. The molecule has 15 heavy (non-hydrogen) atoms. The van der Waals surface area contributed by atoms with Crippen molar-refractivity contribution in [2.75, 3.05) is 13.2 Å². The third kappa shape index (κ3) is 5.11. The summed E-state index contributed by atoms with van der Waals surface area (Å²) in [5.41, 5.74) is 1.16. The fourth-order valence-corrected chi connectivity index (χ4v) is 1.20. The van der Waals surface area contributed by atoms with Crippen molar-refractivity contribution >= 4 is 6.08 Å². The lowest BCUT2D eigenvalue weighted by Gasteiger charge is -2.08. The monoisotopic (exact) mass is 205 g/mol. The molecule has 0 aromatic heterocycles. The zero-order chi connectivity index (χ0) is 10.9. The molecule has 0 saturated carbocycles. The molecule has 0 fully saturated rings. The summed E-state index contributed by atoms with van der Waals surface area (Å²) < 4.78 is 5.49. The van der Waals surface area contributed by atoms with Crippen LogP contribution in [0.3, 0.4) is 0 Å². The van der Waals surface area contributed by atoms with E-state index in [1.165, 1.54) is 6.08 Å². The number of carbonyl (C=O) groups excluding carboxylic acids is 1. The maximum absolute atomic E-state index is 9.87. The molecule has 1 aromatic rings. The highest BCUT2D eigenvalue weighted by Crippen LogP contribution is 2.03. The van der Waals surface area contributed by atoms with Gasteiger partial charge in [0.05, 0.1) is 19.8 Å². The summed E-state index contributed by atoms with van der Waals surface area (Å²) in [6, 6.07) is 9.99. The molecule has 0 amide bonds. The van der Waals surface area contributed by atoms with Crippen molar-refractivity contribution in [3.05, 3.63) is 35.9 Å². The van der Waals surface area contributed by atoms with Gasteiger partial charge in [0.1, 0.15) is 0 Å². The normalized spacial score (nSPS) is 11.8. The van der Waals surface area contributed by atoms with E-state index in [1.807, 2.05) is 37.3 Å². The molecule has 0 aliphatic heterocycles. The minimum absolute atomic E-state index is 0.259. The van der Waals surface area contributed by atoms with Crippen LogP contribution in [0, 0.1) is 5.92 Å². The first-order chi connectivity index (χ1) is 7.33. The van der Waals surface area contributed by atoms with Crippen LogP contribution in [0.5, 0.6) is 0 Å². The first-order valence-corrected chi connectivity index (χ1v) is 4.98. The molecule has 80 valence electrons. The summed E-state index contributed by atoms with van der Waals surface area (Å²) in [6.07, 6.45) is 1.53. The number of aliphatic imine (C=N–C) groups is 1. The Morgan fingerprint density at radius 3 is 2.80 bits per heavy atom. The van der Waals surface area contributed by atoms with E-state index < -0.39 is 0 Å². The van der Waals surface area contributed by atoms with Crippen LogP contribution in [0.1, 0.15) is 12.5 Å². The Morgan fingerprint density at radius 2 is 2.13 bits per heavy atom. The number of nitrogens with zero attached hydrogens (tertiary/aromatic N) is 1. The van der Waals surface area contributed by atoms with Crippen LogP contribution in [0.25, 0.3) is 0 Å². The van der Waals surface area contributed by atoms with E-state index in [2.05, 4.69) is 4.99 Å². The van der Waals surface area contributed by atoms with Gasteiger partial charge in [-0.05, 0) is 11.5 Å². The fraction of sp³-hybridized carbons (Fsp3) is 0.417. The number of ether oxygens (including phenoxy) is 1. The zero-order valence-corrected chi connectivity index (χ0v) is 8.85. The van der Waals surface area contributed by atoms with E-state index in [1.54, 1.807) is 0 Å². The predicted molar refractivity (Wildman–Crippen MR) is 58.3 cm³/mol. The Bertz CT molecular complexity index is 318. The minimum Gasteiger partial charge on any atom is -0.376 e. The topological polar surface area (TPSA) is 38.7 Å². The molecule has 1 aromatic carbocycles. The lowest BCUT2D eigenvalue weighted by atomic mass is 10.2. The number of hydrogen-bond acceptors (Lipinski definition) is 3. The van der Waals surface area contributed by atoms with Crippen LogP contribution in [0.2, 0.25) is 0 Å². The summed E-state index contributed by atoms with van der Waals surface area (Å²) in [5, 5.41) is 0. The van der Waals surface area contributed by atoms with Gasteiger partial charge in [0, 0.05) is 0 Å². The molecule has 1 rings (SSSR count). The van der Waals surface area contributed by atoms with Gasteiger partial charge in [-0.15, -0.1) is 0 Å². The number of hydrogen-bond donors (Lipinski definition) is 0. The van der Waals surface area contributed by atoms with Crippen LogP contribution in [-0.4, -0.2) is 19.2 Å². The van der Waals surface area contributed by atoms with Crippen molar-refractivity contribution in [3.63, 3.8) is 0 Å². The molecule has 0 N–H and O–H groups in total. The largest absolute Gasteiger partial charge is 0.376 e. The Labute approximate surface area is 89.8 Å². The maximum Gasteiger partial charge on any atom is 0.234 e. The van der Waals surface area contributed by atoms with Crippen LogP contribution in [0.15, 0.2) is 35.3 Å². The van der Waals surface area contributed by atoms with Gasteiger partial charge in [-0.3, -0.25) is 0 Å². The summed E-state index contributed by atoms with van der Waals surface area (Å²) in [7, 11) is 0. The van der Waals surface area contributed by atoms with Gasteiger partial charge in [-0.25, -0.2) is 9.79 Å². The van der Waals surface area contributed by atoms with Crippen LogP contribution < -0.4 is 0 Å². The quantitative estimate of drug-likeness (QED) is 0.527. The fourth-order valence-electron chi connectivity index (χ4n) is 1.20. The molecule has 0 spiro atoms. The Morgan fingerprint density at radius 1 is 1.40 bits per heavy atom.